The first-order chi connectivity index (χ1) is 11.3. The van der Waals surface area contributed by atoms with Crippen LogP contribution in [0.25, 0.3) is 0 Å². The maximum atomic E-state index is 12.4. The molecule has 1 aliphatic heterocycles. The van der Waals surface area contributed by atoms with Crippen LogP contribution in [0.5, 0.6) is 0 Å². The van der Waals surface area contributed by atoms with Gasteiger partial charge in [0.2, 0.25) is 5.91 Å². The molecule has 1 aromatic heterocycles. The molecule has 1 atom stereocenters. The van der Waals surface area contributed by atoms with E-state index >= 15 is 0 Å². The molecular formula is C15H22N4O4S. The average Bonchev–Trinajstić information content (AvgIpc) is 3.27. The van der Waals surface area contributed by atoms with Crippen molar-refractivity contribution in [1.82, 2.24) is 20.0 Å². The van der Waals surface area contributed by atoms with E-state index in [-0.39, 0.29) is 24.2 Å². The summed E-state index contributed by atoms with van der Waals surface area (Å²) in [7, 11) is -3.42. The van der Waals surface area contributed by atoms with Gasteiger partial charge in [-0.05, 0) is 25.8 Å². The molecule has 2 amide bonds. The van der Waals surface area contributed by atoms with Gasteiger partial charge in [0, 0.05) is 18.3 Å². The Labute approximate surface area is 141 Å². The monoisotopic (exact) mass is 354 g/mol. The molecule has 0 saturated heterocycles. The molecule has 2 heterocycles. The number of fused-ring (bicyclic) bond motifs is 1. The van der Waals surface area contributed by atoms with Gasteiger partial charge in [0.25, 0.3) is 5.91 Å². The summed E-state index contributed by atoms with van der Waals surface area (Å²) >= 11 is 0. The van der Waals surface area contributed by atoms with Gasteiger partial charge in [-0.1, -0.05) is 6.92 Å². The predicted octanol–water partition coefficient (Wildman–Crippen LogP) is -0.0593. The highest BCUT2D eigenvalue weighted by molar-refractivity contribution is 7.92. The Balaban J connectivity index is 1.71. The molecule has 8 nitrogen and oxygen atoms in total. The van der Waals surface area contributed by atoms with Gasteiger partial charge in [0.15, 0.2) is 15.5 Å². The topological polar surface area (TPSA) is 101 Å². The first kappa shape index (κ1) is 16.9. The highest BCUT2D eigenvalue weighted by Crippen LogP contribution is 2.20. The summed E-state index contributed by atoms with van der Waals surface area (Å²) in [5.41, 5.74) is 1.09. The van der Waals surface area contributed by atoms with Crippen molar-refractivity contribution < 1.29 is 18.0 Å². The molecule has 2 aliphatic rings. The second kappa shape index (κ2) is 6.19. The van der Waals surface area contributed by atoms with E-state index in [1.807, 2.05) is 0 Å². The second-order valence-electron chi connectivity index (χ2n) is 6.35. The lowest BCUT2D eigenvalue weighted by molar-refractivity contribution is -0.131. The molecule has 0 aromatic carbocycles. The SMILES string of the molecule is CCS(=O)(=O)[C@H](C)C(=O)N1CCn2nc(C(=O)NC3CC3)cc2C1. The number of carbonyl (C=O) groups is 2. The summed E-state index contributed by atoms with van der Waals surface area (Å²) in [4.78, 5) is 26.0. The Morgan fingerprint density at radius 1 is 1.38 bits per heavy atom. The molecule has 0 spiro atoms. The normalized spacial score (nSPS) is 18.8. The van der Waals surface area contributed by atoms with Crippen LogP contribution in [-0.4, -0.2) is 58.5 Å². The number of hydrogen-bond donors (Lipinski definition) is 1. The highest BCUT2D eigenvalue weighted by atomic mass is 32.2. The first-order valence-corrected chi connectivity index (χ1v) is 9.91. The highest BCUT2D eigenvalue weighted by Gasteiger charge is 2.33. The van der Waals surface area contributed by atoms with E-state index in [9.17, 15) is 18.0 Å². The minimum atomic E-state index is -3.42. The summed E-state index contributed by atoms with van der Waals surface area (Å²) in [5, 5.41) is 6.12. The first-order valence-electron chi connectivity index (χ1n) is 8.19. The molecule has 1 saturated carbocycles. The zero-order valence-corrected chi connectivity index (χ0v) is 14.7. The summed E-state index contributed by atoms with van der Waals surface area (Å²) in [5.74, 6) is -0.649. The maximum absolute atomic E-state index is 12.4. The zero-order valence-electron chi connectivity index (χ0n) is 13.9. The number of nitrogens with one attached hydrogen (secondary N) is 1. The van der Waals surface area contributed by atoms with Crippen molar-refractivity contribution in [3.8, 4) is 0 Å². The molecule has 1 aliphatic carbocycles. The molecule has 1 aromatic rings. The van der Waals surface area contributed by atoms with Crippen LogP contribution >= 0.6 is 0 Å². The minimum Gasteiger partial charge on any atom is -0.348 e. The number of amides is 2. The molecule has 3 rings (SSSR count). The number of nitrogens with zero attached hydrogens (tertiary/aromatic N) is 3. The van der Waals surface area contributed by atoms with Crippen molar-refractivity contribution in [3.63, 3.8) is 0 Å². The lowest BCUT2D eigenvalue weighted by Gasteiger charge is -2.29. The zero-order chi connectivity index (χ0) is 17.5. The summed E-state index contributed by atoms with van der Waals surface area (Å²) < 4.78 is 25.5. The predicted molar refractivity (Wildman–Crippen MR) is 87.1 cm³/mol. The Morgan fingerprint density at radius 3 is 2.71 bits per heavy atom. The number of carbonyl (C=O) groups excluding carboxylic acids is 2. The van der Waals surface area contributed by atoms with E-state index in [0.29, 0.717) is 18.8 Å². The second-order valence-corrected chi connectivity index (χ2v) is 8.96. The van der Waals surface area contributed by atoms with Gasteiger partial charge in [0.05, 0.1) is 18.8 Å². The molecule has 9 heteroatoms. The quantitative estimate of drug-likeness (QED) is 0.798. The molecule has 1 fully saturated rings. The van der Waals surface area contributed by atoms with Crippen LogP contribution in [0.3, 0.4) is 0 Å². The Morgan fingerprint density at radius 2 is 2.08 bits per heavy atom. The smallest absolute Gasteiger partial charge is 0.272 e. The van der Waals surface area contributed by atoms with Crippen molar-refractivity contribution in [3.05, 3.63) is 17.5 Å². The van der Waals surface area contributed by atoms with Crippen molar-refractivity contribution in [2.75, 3.05) is 12.3 Å². The van der Waals surface area contributed by atoms with Gasteiger partial charge >= 0.3 is 0 Å². The third-order valence-corrected chi connectivity index (χ3v) is 6.63. The van der Waals surface area contributed by atoms with E-state index in [1.54, 1.807) is 10.7 Å². The molecule has 0 unspecified atom stereocenters. The lowest BCUT2D eigenvalue weighted by Crippen LogP contribution is -2.45. The molecule has 0 radical (unpaired) electrons. The van der Waals surface area contributed by atoms with Gasteiger partial charge in [0.1, 0.15) is 5.25 Å². The van der Waals surface area contributed by atoms with Crippen molar-refractivity contribution in [2.24, 2.45) is 0 Å². The third kappa shape index (κ3) is 3.31. The molecule has 0 bridgehead atoms. The number of rotatable bonds is 5. The van der Waals surface area contributed by atoms with Gasteiger partial charge in [-0.15, -0.1) is 0 Å². The van der Waals surface area contributed by atoms with Crippen molar-refractivity contribution in [2.45, 2.75) is 51.1 Å². The number of sulfone groups is 1. The van der Waals surface area contributed by atoms with E-state index in [2.05, 4.69) is 10.4 Å². The van der Waals surface area contributed by atoms with Crippen LogP contribution in [-0.2, 0) is 27.7 Å². The van der Waals surface area contributed by atoms with Crippen LogP contribution in [0.1, 0.15) is 42.9 Å². The van der Waals surface area contributed by atoms with Gasteiger partial charge < -0.3 is 10.2 Å². The van der Waals surface area contributed by atoms with Crippen LogP contribution in [0, 0.1) is 0 Å². The van der Waals surface area contributed by atoms with Crippen LogP contribution in [0.2, 0.25) is 0 Å². The average molecular weight is 354 g/mol. The molecule has 132 valence electrons. The maximum Gasteiger partial charge on any atom is 0.272 e. The Bertz CT molecular complexity index is 766. The molecule has 24 heavy (non-hydrogen) atoms. The fourth-order valence-electron chi connectivity index (χ4n) is 2.71. The largest absolute Gasteiger partial charge is 0.348 e. The standard InChI is InChI=1S/C15H22N4O4S/c1-3-24(22,23)10(2)15(21)18-6-7-19-12(9-18)8-13(17-19)14(20)16-11-4-5-11/h8,10-11H,3-7,9H2,1-2H3,(H,16,20)/t10-/m1/s1. The Kier molecular flexibility index (Phi) is 4.37. The summed E-state index contributed by atoms with van der Waals surface area (Å²) in [6.07, 6.45) is 2.01. The van der Waals surface area contributed by atoms with E-state index in [1.165, 1.54) is 18.7 Å². The fourth-order valence-corrected chi connectivity index (χ4v) is 3.67. The minimum absolute atomic E-state index is 0.0584. The number of aromatic nitrogens is 2. The van der Waals surface area contributed by atoms with E-state index in [0.717, 1.165) is 18.5 Å². The Hall–Kier alpha value is -1.90. The van der Waals surface area contributed by atoms with Crippen molar-refractivity contribution >= 4 is 21.7 Å². The van der Waals surface area contributed by atoms with Gasteiger partial charge in [-0.25, -0.2) is 8.42 Å². The third-order valence-electron chi connectivity index (χ3n) is 4.54. The summed E-state index contributed by atoms with van der Waals surface area (Å²) in [6.45, 7) is 4.08. The molecule has 1 N–H and O–H groups in total. The van der Waals surface area contributed by atoms with E-state index in [4.69, 9.17) is 0 Å². The fraction of sp³-hybridized carbons (Fsp3) is 0.667. The van der Waals surface area contributed by atoms with E-state index < -0.39 is 21.0 Å². The van der Waals surface area contributed by atoms with Crippen molar-refractivity contribution in [1.29, 1.82) is 0 Å². The summed E-state index contributed by atoms with van der Waals surface area (Å²) in [6, 6.07) is 1.94. The molecular weight excluding hydrogens is 332 g/mol. The number of hydrogen-bond acceptors (Lipinski definition) is 5. The van der Waals surface area contributed by atoms with Crippen LogP contribution < -0.4 is 5.32 Å². The van der Waals surface area contributed by atoms with Crippen LogP contribution in [0.4, 0.5) is 0 Å². The lowest BCUT2D eigenvalue weighted by atomic mass is 10.2. The van der Waals surface area contributed by atoms with Gasteiger partial charge in [-0.2, -0.15) is 5.10 Å². The van der Waals surface area contributed by atoms with Crippen LogP contribution in [0.15, 0.2) is 6.07 Å². The van der Waals surface area contributed by atoms with Gasteiger partial charge in [-0.3, -0.25) is 14.3 Å².